The zero-order chi connectivity index (χ0) is 73.7. The van der Waals surface area contributed by atoms with Gasteiger partial charge < -0.3 is 34.2 Å². The molecule has 0 aliphatic rings. The maximum atomic E-state index is 13.0. The number of ether oxygens (including phenoxy) is 3. The van der Waals surface area contributed by atoms with Crippen LogP contribution >= 0.6 is 15.6 Å². The van der Waals surface area contributed by atoms with Crippen LogP contribution < -0.4 is 0 Å². The van der Waals surface area contributed by atoms with Gasteiger partial charge in [-0.15, -0.1) is 0 Å². The second-order valence-corrected chi connectivity index (χ2v) is 29.0. The van der Waals surface area contributed by atoms with Gasteiger partial charge in [0.25, 0.3) is 0 Å². The normalized spacial score (nSPS) is 14.7. The van der Waals surface area contributed by atoms with Crippen molar-refractivity contribution < 1.29 is 75.8 Å². The van der Waals surface area contributed by atoms with Crippen molar-refractivity contribution in [2.24, 2.45) is 0 Å². The molecule has 0 bridgehead atoms. The molecule has 0 aromatic carbocycles. The van der Waals surface area contributed by atoms with Crippen molar-refractivity contribution in [3.63, 3.8) is 0 Å². The van der Waals surface area contributed by atoms with Gasteiger partial charge in [-0.25, -0.2) is 9.13 Å². The minimum Gasteiger partial charge on any atom is -0.463 e. The largest absolute Gasteiger partial charge is 0.472 e. The van der Waals surface area contributed by atoms with Crippen molar-refractivity contribution >= 4 is 33.6 Å². The van der Waals surface area contributed by atoms with Crippen LogP contribution in [0.5, 0.6) is 0 Å². The minimum atomic E-state index is -4.94. The molecule has 0 fully saturated rings. The Labute approximate surface area is 614 Å². The van der Waals surface area contributed by atoms with Crippen LogP contribution in [0.4, 0.5) is 0 Å². The molecule has 5 atom stereocenters. The molecular formula is C83H142O16P2. The van der Waals surface area contributed by atoms with Gasteiger partial charge in [0, 0.05) is 19.3 Å². The van der Waals surface area contributed by atoms with E-state index in [1.807, 2.05) is 0 Å². The number of aliphatic hydroxyl groups is 2. The lowest BCUT2D eigenvalue weighted by Crippen LogP contribution is -2.30. The van der Waals surface area contributed by atoms with Crippen LogP contribution in [0.1, 0.15) is 316 Å². The molecule has 0 aliphatic carbocycles. The standard InChI is InChI=1S/C83H142O16P2/c1-4-7-10-13-16-19-22-25-28-30-32-34-35-36-37-38-39-40-41-43-45-46-49-51-54-57-60-63-66-69-81(86)93-72-78(84)73-95-100(89,90)96-74-79(85)75-97-101(91,92)98-77-80(99-83(88)71-68-65-62-59-56-53-48-27-24-21-18-15-12-9-6-3)76-94-82(87)70-67-64-61-58-55-52-50-47-44-42-33-31-29-26-23-20-17-14-11-8-5-2/h7,10,16-17,19-20,25-29,32-34,36-37,39-40,42,47-48,50,78-80,84-85H,4-6,8-9,11-15,18,21-24,30-31,35,38,41,43-46,49,51-77H2,1-3H3,(H,89,90)(H,91,92)/b10-7-,19-16-,20-17-,28-25-,29-26-,34-32-,37-36-,40-39-,42-33-,48-27-,50-47-. The molecule has 5 unspecified atom stereocenters. The maximum Gasteiger partial charge on any atom is 0.472 e. The van der Waals surface area contributed by atoms with Gasteiger partial charge >= 0.3 is 33.6 Å². The van der Waals surface area contributed by atoms with Gasteiger partial charge in [0.1, 0.15) is 25.4 Å². The number of esters is 3. The maximum absolute atomic E-state index is 13.0. The first kappa shape index (κ1) is 96.7. The van der Waals surface area contributed by atoms with Crippen LogP contribution in [0.15, 0.2) is 134 Å². The van der Waals surface area contributed by atoms with E-state index in [0.717, 1.165) is 161 Å². The molecule has 0 saturated carbocycles. The Hall–Kier alpha value is -4.31. The summed E-state index contributed by atoms with van der Waals surface area (Å²) in [5.74, 6) is -1.61. The number of unbranched alkanes of at least 4 members (excludes halogenated alkanes) is 29. The highest BCUT2D eigenvalue weighted by Crippen LogP contribution is 2.45. The molecule has 0 aromatic rings. The molecule has 580 valence electrons. The number of hydrogen-bond donors (Lipinski definition) is 4. The van der Waals surface area contributed by atoms with E-state index in [4.69, 9.17) is 32.3 Å². The van der Waals surface area contributed by atoms with Gasteiger partial charge in [-0.1, -0.05) is 289 Å². The summed E-state index contributed by atoms with van der Waals surface area (Å²) in [4.78, 5) is 58.6. The third-order valence-corrected chi connectivity index (χ3v) is 18.2. The summed E-state index contributed by atoms with van der Waals surface area (Å²) in [6, 6.07) is 0. The molecule has 4 N–H and O–H groups in total. The van der Waals surface area contributed by atoms with Gasteiger partial charge in [-0.2, -0.15) is 0 Å². The molecular weight excluding hydrogens is 1310 g/mol. The van der Waals surface area contributed by atoms with Gasteiger partial charge in [0.15, 0.2) is 6.10 Å². The fraction of sp³-hybridized carbons (Fsp3) is 0.699. The third-order valence-electron chi connectivity index (χ3n) is 16.3. The zero-order valence-electron chi connectivity index (χ0n) is 63.3. The van der Waals surface area contributed by atoms with E-state index in [-0.39, 0.29) is 19.3 Å². The fourth-order valence-corrected chi connectivity index (χ4v) is 11.9. The van der Waals surface area contributed by atoms with Gasteiger partial charge in [-0.3, -0.25) is 32.5 Å². The van der Waals surface area contributed by atoms with E-state index < -0.39 is 91.5 Å². The first-order valence-corrected chi connectivity index (χ1v) is 42.5. The average Bonchev–Trinajstić information content (AvgIpc) is 1.14. The summed E-state index contributed by atoms with van der Waals surface area (Å²) >= 11 is 0. The number of carbonyl (C=O) groups excluding carboxylic acids is 3. The Bertz CT molecular complexity index is 2370. The summed E-state index contributed by atoms with van der Waals surface area (Å²) in [6.07, 6.45) is 90.6. The Morgan fingerprint density at radius 1 is 0.287 bits per heavy atom. The number of carbonyl (C=O) groups is 3. The molecule has 18 heteroatoms. The Morgan fingerprint density at radius 2 is 0.525 bits per heavy atom. The first-order valence-electron chi connectivity index (χ1n) is 39.5. The molecule has 101 heavy (non-hydrogen) atoms. The van der Waals surface area contributed by atoms with Crippen LogP contribution in [0.2, 0.25) is 0 Å². The van der Waals surface area contributed by atoms with Gasteiger partial charge in [0.05, 0.1) is 26.4 Å². The van der Waals surface area contributed by atoms with Crippen molar-refractivity contribution in [2.75, 3.05) is 39.6 Å². The van der Waals surface area contributed by atoms with E-state index >= 15 is 0 Å². The molecule has 0 amide bonds. The smallest absolute Gasteiger partial charge is 0.463 e. The molecule has 0 rings (SSSR count). The molecule has 16 nitrogen and oxygen atoms in total. The number of phosphoric acid groups is 2. The topological polar surface area (TPSA) is 231 Å². The molecule has 0 aliphatic heterocycles. The number of phosphoric ester groups is 2. The van der Waals surface area contributed by atoms with Crippen LogP contribution in [-0.2, 0) is 55.8 Å². The van der Waals surface area contributed by atoms with E-state index in [1.54, 1.807) is 0 Å². The highest BCUT2D eigenvalue weighted by Gasteiger charge is 2.29. The number of allylic oxidation sites excluding steroid dienone is 22. The van der Waals surface area contributed by atoms with Crippen molar-refractivity contribution in [3.05, 3.63) is 134 Å². The molecule has 0 radical (unpaired) electrons. The first-order chi connectivity index (χ1) is 49.2. The van der Waals surface area contributed by atoms with E-state index in [9.17, 15) is 43.5 Å². The molecule has 0 heterocycles. The SMILES string of the molecule is CC/C=C\C/C=C\C/C=C\C/C=C\C/C=C\C/C=C\CCCCCCCCCCCCC(=O)OCC(O)COP(=O)(O)OCC(O)COP(=O)(O)OCC(COC(=O)CCCCCCC/C=C\C/C=C\C/C=C\C/C=C\CCCCC)OC(=O)CCCCCCC/C=C\CCCCCCCC. The monoisotopic (exact) mass is 1460 g/mol. The molecule has 0 saturated heterocycles. The lowest BCUT2D eigenvalue weighted by Gasteiger charge is -2.21. The Balaban J connectivity index is 4.57. The predicted molar refractivity (Wildman–Crippen MR) is 417 cm³/mol. The quantitative estimate of drug-likeness (QED) is 0.0146. The van der Waals surface area contributed by atoms with Crippen molar-refractivity contribution in [1.29, 1.82) is 0 Å². The van der Waals surface area contributed by atoms with Crippen molar-refractivity contribution in [1.82, 2.24) is 0 Å². The summed E-state index contributed by atoms with van der Waals surface area (Å²) < 4.78 is 61.1. The van der Waals surface area contributed by atoms with Crippen LogP contribution in [0, 0.1) is 0 Å². The zero-order valence-corrected chi connectivity index (χ0v) is 65.1. The third kappa shape index (κ3) is 76.6. The summed E-state index contributed by atoms with van der Waals surface area (Å²) in [5.41, 5.74) is 0. The average molecular weight is 1460 g/mol. The second kappa shape index (κ2) is 75.4. The Kier molecular flexibility index (Phi) is 72.2. The minimum absolute atomic E-state index is 0.0885. The highest BCUT2D eigenvalue weighted by atomic mass is 31.2. The van der Waals surface area contributed by atoms with Crippen molar-refractivity contribution in [2.45, 2.75) is 334 Å². The summed E-state index contributed by atoms with van der Waals surface area (Å²) in [7, 11) is -9.80. The number of hydrogen-bond acceptors (Lipinski definition) is 14. The van der Waals surface area contributed by atoms with Gasteiger partial charge in [0.2, 0.25) is 0 Å². The molecule has 0 spiro atoms. The predicted octanol–water partition coefficient (Wildman–Crippen LogP) is 23.1. The Morgan fingerprint density at radius 3 is 0.861 bits per heavy atom. The summed E-state index contributed by atoms with van der Waals surface area (Å²) in [6.45, 7) is 2.51. The van der Waals surface area contributed by atoms with Crippen LogP contribution in [0.3, 0.4) is 0 Å². The fourth-order valence-electron chi connectivity index (χ4n) is 10.3. The molecule has 0 aromatic heterocycles. The van der Waals surface area contributed by atoms with E-state index in [2.05, 4.69) is 154 Å². The van der Waals surface area contributed by atoms with Crippen LogP contribution in [-0.4, -0.2) is 95.9 Å². The second-order valence-electron chi connectivity index (χ2n) is 26.1. The van der Waals surface area contributed by atoms with Gasteiger partial charge in [-0.05, 0) is 141 Å². The highest BCUT2D eigenvalue weighted by molar-refractivity contribution is 7.47. The van der Waals surface area contributed by atoms with Crippen LogP contribution in [0.25, 0.3) is 0 Å². The van der Waals surface area contributed by atoms with Crippen molar-refractivity contribution in [3.8, 4) is 0 Å². The lowest BCUT2D eigenvalue weighted by molar-refractivity contribution is -0.161. The van der Waals surface area contributed by atoms with E-state index in [1.165, 1.54) is 96.3 Å². The van der Waals surface area contributed by atoms with E-state index in [0.29, 0.717) is 19.3 Å². The number of aliphatic hydroxyl groups excluding tert-OH is 2. The lowest BCUT2D eigenvalue weighted by atomic mass is 10.1. The number of rotatable bonds is 74. The summed E-state index contributed by atoms with van der Waals surface area (Å²) in [5, 5.41) is 20.6.